The minimum absolute atomic E-state index is 0.139. The fraction of sp³-hybridized carbons (Fsp3) is 0.174. The number of hydrogen-bond acceptors (Lipinski definition) is 2. The number of rotatable bonds is 3. The van der Waals surface area contributed by atoms with E-state index < -0.39 is 11.9 Å². The molecule has 1 aliphatic heterocycles. The van der Waals surface area contributed by atoms with Gasteiger partial charge in [0.15, 0.2) is 0 Å². The molecule has 0 radical (unpaired) electrons. The molecule has 6 heteroatoms. The minimum atomic E-state index is -0.526. The summed E-state index contributed by atoms with van der Waals surface area (Å²) in [6.07, 6.45) is 0.836. The van der Waals surface area contributed by atoms with Crippen molar-refractivity contribution in [3.8, 4) is 0 Å². The summed E-state index contributed by atoms with van der Waals surface area (Å²) in [5.41, 5.74) is 3.10. The molecule has 1 unspecified atom stereocenters. The highest BCUT2D eigenvalue weighted by Gasteiger charge is 2.35. The van der Waals surface area contributed by atoms with E-state index in [0.717, 1.165) is 16.7 Å². The van der Waals surface area contributed by atoms with E-state index in [1.54, 1.807) is 12.1 Å². The van der Waals surface area contributed by atoms with E-state index in [1.807, 2.05) is 48.5 Å². The smallest absolute Gasteiger partial charge is 0.415 e. The first-order valence-corrected chi connectivity index (χ1v) is 10.4. The zero-order chi connectivity index (χ0) is 20.4. The van der Waals surface area contributed by atoms with Gasteiger partial charge in [0, 0.05) is 5.02 Å². The molecule has 0 N–H and O–H groups in total. The molecule has 1 aliphatic rings. The summed E-state index contributed by atoms with van der Waals surface area (Å²) in [5, 5.41) is 0.569. The van der Waals surface area contributed by atoms with Crippen molar-refractivity contribution in [1.29, 1.82) is 0 Å². The number of hydrogen-bond donors (Lipinski definition) is 0. The lowest BCUT2D eigenvalue weighted by Gasteiger charge is -2.37. The summed E-state index contributed by atoms with van der Waals surface area (Å²) < 4.78 is 20.3. The van der Waals surface area contributed by atoms with Crippen LogP contribution in [0.5, 0.6) is 0 Å². The fourth-order valence-electron chi connectivity index (χ4n) is 3.65. The van der Waals surface area contributed by atoms with E-state index in [4.69, 9.17) is 16.3 Å². The van der Waals surface area contributed by atoms with Crippen molar-refractivity contribution < 1.29 is 13.9 Å². The Bertz CT molecular complexity index is 1040. The van der Waals surface area contributed by atoms with Gasteiger partial charge in [0.25, 0.3) is 0 Å². The number of amides is 1. The van der Waals surface area contributed by atoms with Crippen LogP contribution in [0.1, 0.15) is 29.2 Å². The second-order valence-corrected chi connectivity index (χ2v) is 8.14. The Balaban J connectivity index is 1.71. The van der Waals surface area contributed by atoms with Gasteiger partial charge in [-0.05, 0) is 63.7 Å². The number of carbonyl (C=O) groups is 1. The predicted molar refractivity (Wildman–Crippen MR) is 116 cm³/mol. The van der Waals surface area contributed by atoms with Crippen LogP contribution in [0.2, 0.25) is 5.02 Å². The highest BCUT2D eigenvalue weighted by atomic mass is 79.9. The number of nitrogens with zero attached hydrogens (tertiary/aromatic N) is 1. The molecule has 0 spiro atoms. The number of anilines is 1. The molecule has 3 aromatic carbocycles. The molecule has 0 fully saturated rings. The van der Waals surface area contributed by atoms with Gasteiger partial charge in [0.2, 0.25) is 0 Å². The highest BCUT2D eigenvalue weighted by molar-refractivity contribution is 9.10. The SMILES string of the molecule is O=C(OCc1ccccc1)N1c2cc(F)c(Br)cc2CCC1c1ccccc1Cl. The van der Waals surface area contributed by atoms with E-state index in [1.165, 1.54) is 11.0 Å². The van der Waals surface area contributed by atoms with Gasteiger partial charge in [0.1, 0.15) is 12.4 Å². The Morgan fingerprint density at radius 3 is 2.62 bits per heavy atom. The van der Waals surface area contributed by atoms with Crippen molar-refractivity contribution >= 4 is 39.3 Å². The van der Waals surface area contributed by atoms with Crippen LogP contribution in [0, 0.1) is 5.82 Å². The van der Waals surface area contributed by atoms with Crippen molar-refractivity contribution in [2.75, 3.05) is 4.90 Å². The van der Waals surface area contributed by atoms with Crippen molar-refractivity contribution in [2.45, 2.75) is 25.5 Å². The number of halogens is 3. The van der Waals surface area contributed by atoms with E-state index >= 15 is 0 Å². The van der Waals surface area contributed by atoms with Crippen molar-refractivity contribution in [3.63, 3.8) is 0 Å². The van der Waals surface area contributed by atoms with Gasteiger partial charge >= 0.3 is 6.09 Å². The molecule has 1 amide bonds. The Morgan fingerprint density at radius 1 is 1.14 bits per heavy atom. The van der Waals surface area contributed by atoms with Crippen LogP contribution in [0.15, 0.2) is 71.2 Å². The molecular formula is C23H18BrClFNO2. The number of ether oxygens (including phenoxy) is 1. The van der Waals surface area contributed by atoms with Gasteiger partial charge in [-0.25, -0.2) is 9.18 Å². The van der Waals surface area contributed by atoms with Crippen molar-refractivity contribution in [3.05, 3.63) is 98.7 Å². The topological polar surface area (TPSA) is 29.5 Å². The number of aryl methyl sites for hydroxylation is 1. The maximum absolute atomic E-state index is 14.4. The van der Waals surface area contributed by atoms with Gasteiger partial charge < -0.3 is 4.74 Å². The molecule has 0 aromatic heterocycles. The Labute approximate surface area is 182 Å². The number of fused-ring (bicyclic) bond motifs is 1. The molecule has 148 valence electrons. The number of benzene rings is 3. The minimum Gasteiger partial charge on any atom is -0.444 e. The molecule has 0 bridgehead atoms. The maximum Gasteiger partial charge on any atom is 0.415 e. The standard InChI is InChI=1S/C23H18BrClFNO2/c24-18-12-16-10-11-21(17-8-4-5-9-19(17)25)27(22(16)13-20(18)26)23(28)29-14-15-6-2-1-3-7-15/h1-9,12-13,21H,10-11,14H2. The van der Waals surface area contributed by atoms with Crippen LogP contribution < -0.4 is 4.90 Å². The molecule has 0 aliphatic carbocycles. The van der Waals surface area contributed by atoms with Crippen LogP contribution in [0.25, 0.3) is 0 Å². The lowest BCUT2D eigenvalue weighted by Crippen LogP contribution is -2.39. The van der Waals surface area contributed by atoms with Crippen LogP contribution >= 0.6 is 27.5 Å². The third kappa shape index (κ3) is 4.16. The van der Waals surface area contributed by atoms with Crippen LogP contribution in [0.4, 0.5) is 14.9 Å². The predicted octanol–water partition coefficient (Wildman–Crippen LogP) is 7.07. The quantitative estimate of drug-likeness (QED) is 0.406. The summed E-state index contributed by atoms with van der Waals surface area (Å²) in [6.45, 7) is 0.139. The average Bonchev–Trinajstić information content (AvgIpc) is 2.73. The lowest BCUT2D eigenvalue weighted by atomic mass is 9.91. The van der Waals surface area contributed by atoms with Gasteiger partial charge in [0.05, 0.1) is 16.2 Å². The first-order chi connectivity index (χ1) is 14.0. The molecule has 0 saturated carbocycles. The largest absolute Gasteiger partial charge is 0.444 e. The summed E-state index contributed by atoms with van der Waals surface area (Å²) in [7, 11) is 0. The summed E-state index contributed by atoms with van der Waals surface area (Å²) in [5.74, 6) is -0.426. The molecule has 29 heavy (non-hydrogen) atoms. The molecule has 3 nitrogen and oxygen atoms in total. The van der Waals surface area contributed by atoms with Crippen LogP contribution in [-0.2, 0) is 17.8 Å². The first kappa shape index (κ1) is 19.9. The van der Waals surface area contributed by atoms with E-state index in [-0.39, 0.29) is 12.6 Å². The molecule has 1 atom stereocenters. The Hall–Kier alpha value is -2.37. The van der Waals surface area contributed by atoms with E-state index in [0.29, 0.717) is 28.0 Å². The zero-order valence-electron chi connectivity index (χ0n) is 15.4. The van der Waals surface area contributed by atoms with Crippen molar-refractivity contribution in [1.82, 2.24) is 0 Å². The summed E-state index contributed by atoms with van der Waals surface area (Å²) >= 11 is 9.66. The molecule has 1 heterocycles. The molecule has 0 saturated heterocycles. The summed E-state index contributed by atoms with van der Waals surface area (Å²) in [6, 6.07) is 19.6. The Kier molecular flexibility index (Phi) is 5.88. The fourth-order valence-corrected chi connectivity index (χ4v) is 4.30. The van der Waals surface area contributed by atoms with Crippen LogP contribution in [0.3, 0.4) is 0 Å². The van der Waals surface area contributed by atoms with Gasteiger partial charge in [-0.15, -0.1) is 0 Å². The third-order valence-electron chi connectivity index (χ3n) is 5.05. The van der Waals surface area contributed by atoms with Crippen LogP contribution in [-0.4, -0.2) is 6.09 Å². The summed E-state index contributed by atoms with van der Waals surface area (Å²) in [4.78, 5) is 14.7. The monoisotopic (exact) mass is 473 g/mol. The first-order valence-electron chi connectivity index (χ1n) is 9.27. The lowest BCUT2D eigenvalue weighted by molar-refractivity contribution is 0.143. The second kappa shape index (κ2) is 8.56. The third-order valence-corrected chi connectivity index (χ3v) is 6.00. The van der Waals surface area contributed by atoms with Crippen molar-refractivity contribution in [2.24, 2.45) is 0 Å². The molecule has 4 rings (SSSR count). The van der Waals surface area contributed by atoms with Gasteiger partial charge in [-0.3, -0.25) is 4.90 Å². The number of carbonyl (C=O) groups excluding carboxylic acids is 1. The average molecular weight is 475 g/mol. The van der Waals surface area contributed by atoms with Gasteiger partial charge in [-0.2, -0.15) is 0 Å². The van der Waals surface area contributed by atoms with E-state index in [9.17, 15) is 9.18 Å². The Morgan fingerprint density at radius 2 is 1.86 bits per heavy atom. The highest BCUT2D eigenvalue weighted by Crippen LogP contribution is 2.42. The zero-order valence-corrected chi connectivity index (χ0v) is 17.8. The van der Waals surface area contributed by atoms with Gasteiger partial charge in [-0.1, -0.05) is 60.1 Å². The normalized spacial score (nSPS) is 15.7. The molecule has 3 aromatic rings. The maximum atomic E-state index is 14.4. The van der Waals surface area contributed by atoms with E-state index in [2.05, 4.69) is 15.9 Å². The second-order valence-electron chi connectivity index (χ2n) is 6.88. The molecular weight excluding hydrogens is 457 g/mol.